The summed E-state index contributed by atoms with van der Waals surface area (Å²) in [6, 6.07) is 10.2. The highest BCUT2D eigenvalue weighted by molar-refractivity contribution is 7.18. The topological polar surface area (TPSA) is 93.7 Å². The van der Waals surface area contributed by atoms with E-state index in [9.17, 15) is 14.0 Å². The van der Waals surface area contributed by atoms with E-state index in [0.717, 1.165) is 0 Å². The van der Waals surface area contributed by atoms with Crippen molar-refractivity contribution in [2.75, 3.05) is 26.1 Å². The summed E-state index contributed by atoms with van der Waals surface area (Å²) in [6.45, 7) is 0.461. The van der Waals surface area contributed by atoms with E-state index >= 15 is 0 Å². The minimum Gasteiger partial charge on any atom is -0.497 e. The summed E-state index contributed by atoms with van der Waals surface area (Å²) < 4.78 is 23.7. The molecule has 1 saturated heterocycles. The molecule has 0 bridgehead atoms. The van der Waals surface area contributed by atoms with Crippen molar-refractivity contribution in [3.8, 4) is 22.1 Å². The molecular formula is C22H21FN4O4S. The van der Waals surface area contributed by atoms with Gasteiger partial charge >= 0.3 is 0 Å². The van der Waals surface area contributed by atoms with Crippen LogP contribution in [0, 0.1) is 5.82 Å². The number of carbonyl (C=O) groups is 2. The van der Waals surface area contributed by atoms with Crippen LogP contribution in [0.2, 0.25) is 0 Å². The van der Waals surface area contributed by atoms with Gasteiger partial charge in [0, 0.05) is 18.2 Å². The van der Waals surface area contributed by atoms with E-state index in [1.54, 1.807) is 35.2 Å². The smallest absolute Gasteiger partial charge is 0.258 e. The highest BCUT2D eigenvalue weighted by Crippen LogP contribution is 2.30. The molecule has 1 unspecified atom stereocenters. The maximum absolute atomic E-state index is 13.2. The number of benzene rings is 2. The third-order valence-corrected chi connectivity index (χ3v) is 6.09. The number of rotatable bonds is 6. The first kappa shape index (κ1) is 21.7. The number of likely N-dealkylation sites (tertiary alicyclic amines) is 1. The molecule has 1 atom stereocenters. The van der Waals surface area contributed by atoms with Gasteiger partial charge in [-0.25, -0.2) is 4.39 Å². The second-order valence-electron chi connectivity index (χ2n) is 7.13. The van der Waals surface area contributed by atoms with Gasteiger partial charge in [0.05, 0.1) is 19.8 Å². The SMILES string of the molecule is COc1ccc(C(=O)N2CCCC2C(=O)Nc2nnc(-c3ccc(F)cc3)s2)c(OC)c1. The summed E-state index contributed by atoms with van der Waals surface area (Å²) in [4.78, 5) is 27.7. The lowest BCUT2D eigenvalue weighted by Crippen LogP contribution is -2.43. The van der Waals surface area contributed by atoms with E-state index < -0.39 is 6.04 Å². The lowest BCUT2D eigenvalue weighted by molar-refractivity contribution is -0.119. The van der Waals surface area contributed by atoms with E-state index in [0.29, 0.717) is 52.2 Å². The van der Waals surface area contributed by atoms with Gasteiger partial charge in [0.1, 0.15) is 28.4 Å². The summed E-state index contributed by atoms with van der Waals surface area (Å²) in [6.07, 6.45) is 1.25. The van der Waals surface area contributed by atoms with Crippen molar-refractivity contribution in [1.82, 2.24) is 15.1 Å². The molecule has 2 heterocycles. The second kappa shape index (κ2) is 9.31. The molecule has 0 radical (unpaired) electrons. The van der Waals surface area contributed by atoms with Crippen molar-refractivity contribution in [1.29, 1.82) is 0 Å². The molecule has 1 aliphatic heterocycles. The van der Waals surface area contributed by atoms with Gasteiger partial charge in [0.15, 0.2) is 0 Å². The first-order valence-electron chi connectivity index (χ1n) is 9.93. The minimum absolute atomic E-state index is 0.286. The number of nitrogens with one attached hydrogen (secondary N) is 1. The summed E-state index contributed by atoms with van der Waals surface area (Å²) in [5, 5.41) is 11.7. The molecule has 4 rings (SSSR count). The van der Waals surface area contributed by atoms with Crippen molar-refractivity contribution in [3.05, 3.63) is 53.8 Å². The van der Waals surface area contributed by atoms with Crippen LogP contribution in [-0.4, -0.2) is 53.7 Å². The minimum atomic E-state index is -0.632. The molecule has 1 fully saturated rings. The normalized spacial score (nSPS) is 15.5. The number of amides is 2. The lowest BCUT2D eigenvalue weighted by Gasteiger charge is -2.24. The number of aromatic nitrogens is 2. The van der Waals surface area contributed by atoms with Crippen molar-refractivity contribution >= 4 is 28.3 Å². The average molecular weight is 456 g/mol. The number of ether oxygens (including phenoxy) is 2. The van der Waals surface area contributed by atoms with Crippen molar-refractivity contribution in [2.45, 2.75) is 18.9 Å². The molecule has 2 aromatic carbocycles. The number of methoxy groups -OCH3 is 2. The van der Waals surface area contributed by atoms with Crippen LogP contribution in [0.5, 0.6) is 11.5 Å². The Morgan fingerprint density at radius 3 is 2.62 bits per heavy atom. The molecular weight excluding hydrogens is 435 g/mol. The molecule has 2 amide bonds. The van der Waals surface area contributed by atoms with Gasteiger partial charge in [0.2, 0.25) is 11.0 Å². The molecule has 32 heavy (non-hydrogen) atoms. The number of nitrogens with zero attached hydrogens (tertiary/aromatic N) is 3. The van der Waals surface area contributed by atoms with Crippen LogP contribution in [0.3, 0.4) is 0 Å². The van der Waals surface area contributed by atoms with Gasteiger partial charge in [-0.05, 0) is 49.2 Å². The second-order valence-corrected chi connectivity index (χ2v) is 8.11. The van der Waals surface area contributed by atoms with Crippen LogP contribution < -0.4 is 14.8 Å². The highest BCUT2D eigenvalue weighted by Gasteiger charge is 2.36. The molecule has 0 saturated carbocycles. The summed E-state index contributed by atoms with van der Waals surface area (Å²) >= 11 is 1.18. The van der Waals surface area contributed by atoms with Crippen LogP contribution in [0.4, 0.5) is 9.52 Å². The summed E-state index contributed by atoms with van der Waals surface area (Å²) in [5.74, 6) is -0.00126. The molecule has 0 aliphatic carbocycles. The van der Waals surface area contributed by atoms with Crippen molar-refractivity contribution in [3.63, 3.8) is 0 Å². The Kier molecular flexibility index (Phi) is 6.31. The van der Waals surface area contributed by atoms with E-state index in [2.05, 4.69) is 15.5 Å². The fourth-order valence-electron chi connectivity index (χ4n) is 3.58. The van der Waals surface area contributed by atoms with Crippen molar-refractivity contribution < 1.29 is 23.5 Å². The molecule has 10 heteroatoms. The molecule has 8 nitrogen and oxygen atoms in total. The summed E-state index contributed by atoms with van der Waals surface area (Å²) in [5.41, 5.74) is 1.07. The molecule has 1 N–H and O–H groups in total. The zero-order valence-corrected chi connectivity index (χ0v) is 18.3. The van der Waals surface area contributed by atoms with Gasteiger partial charge in [-0.15, -0.1) is 10.2 Å². The number of halogens is 1. The molecule has 1 aromatic heterocycles. The zero-order chi connectivity index (χ0) is 22.7. The van der Waals surface area contributed by atoms with Gasteiger partial charge in [-0.2, -0.15) is 0 Å². The number of hydrogen-bond acceptors (Lipinski definition) is 7. The fraction of sp³-hybridized carbons (Fsp3) is 0.273. The van der Waals surface area contributed by atoms with E-state index in [-0.39, 0.29) is 17.6 Å². The predicted molar refractivity (Wildman–Crippen MR) is 118 cm³/mol. The zero-order valence-electron chi connectivity index (χ0n) is 17.5. The summed E-state index contributed by atoms with van der Waals surface area (Å²) in [7, 11) is 3.01. The Balaban J connectivity index is 1.48. The predicted octanol–water partition coefficient (Wildman–Crippen LogP) is 3.60. The lowest BCUT2D eigenvalue weighted by atomic mass is 10.1. The molecule has 0 spiro atoms. The fourth-order valence-corrected chi connectivity index (χ4v) is 4.34. The van der Waals surface area contributed by atoms with E-state index in [4.69, 9.17) is 9.47 Å². The van der Waals surface area contributed by atoms with Crippen LogP contribution >= 0.6 is 11.3 Å². The van der Waals surface area contributed by atoms with Gasteiger partial charge in [-0.1, -0.05) is 11.3 Å². The van der Waals surface area contributed by atoms with Crippen LogP contribution in [0.25, 0.3) is 10.6 Å². The number of carbonyl (C=O) groups excluding carboxylic acids is 2. The first-order chi connectivity index (χ1) is 15.5. The Morgan fingerprint density at radius 1 is 1.12 bits per heavy atom. The van der Waals surface area contributed by atoms with Crippen molar-refractivity contribution in [2.24, 2.45) is 0 Å². The van der Waals surface area contributed by atoms with Crippen LogP contribution in [0.1, 0.15) is 23.2 Å². The molecule has 166 valence electrons. The van der Waals surface area contributed by atoms with E-state index in [1.165, 1.54) is 37.7 Å². The number of anilines is 1. The molecule has 1 aliphatic rings. The largest absolute Gasteiger partial charge is 0.497 e. The number of hydrogen-bond donors (Lipinski definition) is 1. The third kappa shape index (κ3) is 4.40. The average Bonchev–Trinajstić information content (AvgIpc) is 3.48. The standard InChI is InChI=1S/C22H21FN4O4S/c1-30-15-9-10-16(18(12-15)31-2)21(29)27-11-3-4-17(27)19(28)24-22-26-25-20(32-22)13-5-7-14(23)8-6-13/h5-10,12,17H,3-4,11H2,1-2H3,(H,24,26,28). The van der Waals surface area contributed by atoms with E-state index in [1.807, 2.05) is 0 Å². The Bertz CT molecular complexity index is 1140. The Morgan fingerprint density at radius 2 is 1.91 bits per heavy atom. The highest BCUT2D eigenvalue weighted by atomic mass is 32.1. The maximum atomic E-state index is 13.2. The third-order valence-electron chi connectivity index (χ3n) is 5.20. The quantitative estimate of drug-likeness (QED) is 0.609. The molecule has 3 aromatic rings. The first-order valence-corrected chi connectivity index (χ1v) is 10.7. The van der Waals surface area contributed by atoms with Gasteiger partial charge in [0.25, 0.3) is 5.91 Å². The van der Waals surface area contributed by atoms with Crippen LogP contribution in [0.15, 0.2) is 42.5 Å². The Hall–Kier alpha value is -3.53. The maximum Gasteiger partial charge on any atom is 0.258 e. The van der Waals surface area contributed by atoms with Crippen LogP contribution in [-0.2, 0) is 4.79 Å². The monoisotopic (exact) mass is 456 g/mol. The Labute approximate surface area is 188 Å². The van der Waals surface area contributed by atoms with Gasteiger partial charge < -0.3 is 14.4 Å². The van der Waals surface area contributed by atoms with Gasteiger partial charge in [-0.3, -0.25) is 14.9 Å².